The lowest BCUT2D eigenvalue weighted by Gasteiger charge is -2.28. The number of benzene rings is 1. The van der Waals surface area contributed by atoms with Gasteiger partial charge in [-0.3, -0.25) is 9.59 Å². The number of Topliss-reactive ketones (excluding diaryl/α,β-unsaturated/α-hetero) is 1. The van der Waals surface area contributed by atoms with E-state index in [1.54, 1.807) is 12.1 Å². The van der Waals surface area contributed by atoms with Crippen molar-refractivity contribution < 1.29 is 9.59 Å². The smallest absolute Gasteiger partial charge is 0.251 e. The molecule has 1 aromatic carbocycles. The van der Waals surface area contributed by atoms with Gasteiger partial charge in [-0.15, -0.1) is 0 Å². The van der Waals surface area contributed by atoms with Crippen molar-refractivity contribution in [3.8, 4) is 0 Å². The SMILES string of the molecule is C[C@H]1C(=O)CCC[C@@H]1NC(=O)c1ccccc1. The Kier molecular flexibility index (Phi) is 3.57. The van der Waals surface area contributed by atoms with Crippen LogP contribution in [0.1, 0.15) is 36.5 Å². The van der Waals surface area contributed by atoms with Crippen LogP contribution in [0.25, 0.3) is 0 Å². The van der Waals surface area contributed by atoms with Crippen molar-refractivity contribution in [1.82, 2.24) is 5.32 Å². The molecule has 17 heavy (non-hydrogen) atoms. The van der Waals surface area contributed by atoms with E-state index in [9.17, 15) is 9.59 Å². The number of carbonyl (C=O) groups is 2. The maximum absolute atomic E-state index is 11.9. The maximum Gasteiger partial charge on any atom is 0.251 e. The fraction of sp³-hybridized carbons (Fsp3) is 0.429. The van der Waals surface area contributed by atoms with Crippen LogP contribution >= 0.6 is 0 Å². The summed E-state index contributed by atoms with van der Waals surface area (Å²) in [5.41, 5.74) is 0.651. The molecule has 0 heterocycles. The van der Waals surface area contributed by atoms with E-state index >= 15 is 0 Å². The minimum Gasteiger partial charge on any atom is -0.349 e. The summed E-state index contributed by atoms with van der Waals surface area (Å²) in [7, 11) is 0. The Morgan fingerprint density at radius 1 is 1.29 bits per heavy atom. The summed E-state index contributed by atoms with van der Waals surface area (Å²) in [5.74, 6) is 0.114. The van der Waals surface area contributed by atoms with Crippen LogP contribution in [0, 0.1) is 5.92 Å². The third kappa shape index (κ3) is 2.73. The first-order valence-corrected chi connectivity index (χ1v) is 6.07. The van der Waals surface area contributed by atoms with Gasteiger partial charge in [0.15, 0.2) is 0 Å². The van der Waals surface area contributed by atoms with E-state index in [1.807, 2.05) is 25.1 Å². The van der Waals surface area contributed by atoms with Gasteiger partial charge in [0.1, 0.15) is 5.78 Å². The molecular weight excluding hydrogens is 214 g/mol. The van der Waals surface area contributed by atoms with Gasteiger partial charge in [0.25, 0.3) is 5.91 Å². The van der Waals surface area contributed by atoms with E-state index in [4.69, 9.17) is 0 Å². The van der Waals surface area contributed by atoms with Crippen LogP contribution in [0.2, 0.25) is 0 Å². The van der Waals surface area contributed by atoms with Crippen molar-refractivity contribution in [3.63, 3.8) is 0 Å². The Labute approximate surface area is 101 Å². The second-order valence-electron chi connectivity index (χ2n) is 4.59. The van der Waals surface area contributed by atoms with Gasteiger partial charge in [0.05, 0.1) is 0 Å². The number of amides is 1. The third-order valence-electron chi connectivity index (χ3n) is 3.40. The summed E-state index contributed by atoms with van der Waals surface area (Å²) in [6.45, 7) is 1.90. The number of hydrogen-bond acceptors (Lipinski definition) is 2. The maximum atomic E-state index is 11.9. The molecule has 3 nitrogen and oxygen atoms in total. The van der Waals surface area contributed by atoms with E-state index < -0.39 is 0 Å². The molecule has 1 fully saturated rings. The second-order valence-corrected chi connectivity index (χ2v) is 4.59. The van der Waals surface area contributed by atoms with Gasteiger partial charge in [-0.25, -0.2) is 0 Å². The van der Waals surface area contributed by atoms with E-state index in [-0.39, 0.29) is 23.7 Å². The highest BCUT2D eigenvalue weighted by Gasteiger charge is 2.29. The number of hydrogen-bond donors (Lipinski definition) is 1. The lowest BCUT2D eigenvalue weighted by Crippen LogP contribution is -2.44. The third-order valence-corrected chi connectivity index (χ3v) is 3.40. The molecule has 0 aromatic heterocycles. The highest BCUT2D eigenvalue weighted by Crippen LogP contribution is 2.21. The van der Waals surface area contributed by atoms with Gasteiger partial charge in [-0.2, -0.15) is 0 Å². The molecule has 1 aliphatic carbocycles. The highest BCUT2D eigenvalue weighted by molar-refractivity contribution is 5.95. The van der Waals surface area contributed by atoms with E-state index in [2.05, 4.69) is 5.32 Å². The topological polar surface area (TPSA) is 46.2 Å². The zero-order chi connectivity index (χ0) is 12.3. The normalized spacial score (nSPS) is 24.4. The first-order valence-electron chi connectivity index (χ1n) is 6.07. The zero-order valence-corrected chi connectivity index (χ0v) is 9.98. The molecule has 0 bridgehead atoms. The minimum atomic E-state index is -0.0860. The van der Waals surface area contributed by atoms with Crippen LogP contribution < -0.4 is 5.32 Å². The zero-order valence-electron chi connectivity index (χ0n) is 9.98. The predicted molar refractivity (Wildman–Crippen MR) is 65.7 cm³/mol. The Hall–Kier alpha value is -1.64. The van der Waals surface area contributed by atoms with Crippen molar-refractivity contribution in [3.05, 3.63) is 35.9 Å². The summed E-state index contributed by atoms with van der Waals surface area (Å²) in [6, 6.07) is 9.11. The molecular formula is C14H17NO2. The molecule has 2 atom stereocenters. The summed E-state index contributed by atoms with van der Waals surface area (Å²) in [4.78, 5) is 23.5. The fourth-order valence-electron chi connectivity index (χ4n) is 2.24. The largest absolute Gasteiger partial charge is 0.349 e. The number of carbonyl (C=O) groups excluding carboxylic acids is 2. The fourth-order valence-corrected chi connectivity index (χ4v) is 2.24. The number of rotatable bonds is 2. The predicted octanol–water partition coefficient (Wildman–Crippen LogP) is 2.17. The van der Waals surface area contributed by atoms with E-state index in [0.29, 0.717) is 12.0 Å². The summed E-state index contributed by atoms with van der Waals surface area (Å²) < 4.78 is 0. The summed E-state index contributed by atoms with van der Waals surface area (Å²) in [5, 5.41) is 2.96. The quantitative estimate of drug-likeness (QED) is 0.848. The summed E-state index contributed by atoms with van der Waals surface area (Å²) >= 11 is 0. The molecule has 90 valence electrons. The van der Waals surface area contributed by atoms with Crippen molar-refractivity contribution in [2.24, 2.45) is 5.92 Å². The first kappa shape index (κ1) is 11.8. The van der Waals surface area contributed by atoms with Crippen molar-refractivity contribution >= 4 is 11.7 Å². The van der Waals surface area contributed by atoms with Gasteiger partial charge >= 0.3 is 0 Å². The van der Waals surface area contributed by atoms with Crippen LogP contribution in [-0.2, 0) is 4.79 Å². The van der Waals surface area contributed by atoms with Gasteiger partial charge in [-0.1, -0.05) is 25.1 Å². The Morgan fingerprint density at radius 2 is 2.00 bits per heavy atom. The molecule has 1 amide bonds. The monoisotopic (exact) mass is 231 g/mol. The molecule has 0 spiro atoms. The van der Waals surface area contributed by atoms with Crippen molar-refractivity contribution in [2.45, 2.75) is 32.2 Å². The van der Waals surface area contributed by atoms with Gasteiger partial charge in [0.2, 0.25) is 0 Å². The summed E-state index contributed by atoms with van der Waals surface area (Å²) in [6.07, 6.45) is 2.42. The minimum absolute atomic E-state index is 0.0102. The van der Waals surface area contributed by atoms with Crippen LogP contribution in [0.4, 0.5) is 0 Å². The molecule has 0 radical (unpaired) electrons. The van der Waals surface area contributed by atoms with Gasteiger partial charge in [-0.05, 0) is 25.0 Å². The molecule has 1 N–H and O–H groups in total. The van der Waals surface area contributed by atoms with Crippen LogP contribution in [-0.4, -0.2) is 17.7 Å². The van der Waals surface area contributed by atoms with Gasteiger partial charge < -0.3 is 5.32 Å². The van der Waals surface area contributed by atoms with Crippen molar-refractivity contribution in [2.75, 3.05) is 0 Å². The molecule has 1 saturated carbocycles. The molecule has 1 aromatic rings. The Morgan fingerprint density at radius 3 is 2.71 bits per heavy atom. The average Bonchev–Trinajstić information content (AvgIpc) is 2.36. The molecule has 2 rings (SSSR count). The standard InChI is InChI=1S/C14H17NO2/c1-10-12(8-5-9-13(10)16)15-14(17)11-6-3-2-4-7-11/h2-4,6-7,10,12H,5,8-9H2,1H3,(H,15,17)/t10-,12+/m1/s1. The average molecular weight is 231 g/mol. The lowest BCUT2D eigenvalue weighted by atomic mass is 9.84. The molecule has 0 aliphatic heterocycles. The van der Waals surface area contributed by atoms with E-state index in [1.165, 1.54) is 0 Å². The second kappa shape index (κ2) is 5.13. The molecule has 0 saturated heterocycles. The van der Waals surface area contributed by atoms with E-state index in [0.717, 1.165) is 12.8 Å². The molecule has 0 unspecified atom stereocenters. The van der Waals surface area contributed by atoms with Gasteiger partial charge in [0, 0.05) is 23.9 Å². The number of ketones is 1. The Balaban J connectivity index is 2.01. The first-order chi connectivity index (χ1) is 8.18. The highest BCUT2D eigenvalue weighted by atomic mass is 16.2. The van der Waals surface area contributed by atoms with Crippen LogP contribution in [0.3, 0.4) is 0 Å². The molecule has 3 heteroatoms. The lowest BCUT2D eigenvalue weighted by molar-refractivity contribution is -0.124. The van der Waals surface area contributed by atoms with Crippen molar-refractivity contribution in [1.29, 1.82) is 0 Å². The number of nitrogens with one attached hydrogen (secondary N) is 1. The van der Waals surface area contributed by atoms with Crippen LogP contribution in [0.15, 0.2) is 30.3 Å². The Bertz CT molecular complexity index is 413. The molecule has 1 aliphatic rings. The van der Waals surface area contributed by atoms with Crippen LogP contribution in [0.5, 0.6) is 0 Å².